The molecule has 0 aliphatic carbocycles. The Morgan fingerprint density at radius 2 is 2.20 bits per heavy atom. The Bertz CT molecular complexity index is 466. The number of anilines is 1. The van der Waals surface area contributed by atoms with Crippen LogP contribution in [0.3, 0.4) is 0 Å². The molecule has 0 radical (unpaired) electrons. The molecule has 0 aromatic carbocycles. The highest BCUT2D eigenvalue weighted by Gasteiger charge is 2.30. The fraction of sp³-hybridized carbons (Fsp3) is 0.769. The van der Waals surface area contributed by atoms with E-state index in [2.05, 4.69) is 36.3 Å². The Kier molecular flexibility index (Phi) is 4.27. The van der Waals surface area contributed by atoms with Gasteiger partial charge in [-0.2, -0.15) is 0 Å². The number of amides is 1. The van der Waals surface area contributed by atoms with Crippen molar-refractivity contribution < 1.29 is 9.21 Å². The number of carbonyl (C=O) groups is 1. The predicted octanol–water partition coefficient (Wildman–Crippen LogP) is 0.802. The summed E-state index contributed by atoms with van der Waals surface area (Å²) < 4.78 is 5.63. The molecule has 0 spiro atoms. The molecule has 1 amide bonds. The van der Waals surface area contributed by atoms with Crippen LogP contribution in [0, 0.1) is 0 Å². The summed E-state index contributed by atoms with van der Waals surface area (Å²) in [7, 11) is 0. The van der Waals surface area contributed by atoms with E-state index in [9.17, 15) is 4.79 Å². The van der Waals surface area contributed by atoms with E-state index in [1.54, 1.807) is 0 Å². The average molecular weight is 281 g/mol. The summed E-state index contributed by atoms with van der Waals surface area (Å²) in [6, 6.07) is 0.0480. The molecule has 1 aromatic heterocycles. The fourth-order valence-electron chi connectivity index (χ4n) is 2.23. The maximum absolute atomic E-state index is 11.5. The van der Waals surface area contributed by atoms with Crippen molar-refractivity contribution in [2.24, 2.45) is 5.73 Å². The van der Waals surface area contributed by atoms with Crippen LogP contribution in [0.5, 0.6) is 0 Å². The molecule has 2 rings (SSSR count). The van der Waals surface area contributed by atoms with Gasteiger partial charge in [-0.1, -0.05) is 5.10 Å². The molecule has 1 aliphatic rings. The molecule has 3 N–H and O–H groups in total. The molecule has 20 heavy (non-hydrogen) atoms. The first-order valence-electron chi connectivity index (χ1n) is 7.00. The molecule has 0 bridgehead atoms. The number of nitrogens with one attached hydrogen (secondary N) is 1. The third kappa shape index (κ3) is 3.69. The molecule has 1 aromatic rings. The van der Waals surface area contributed by atoms with Gasteiger partial charge in [0, 0.05) is 12.1 Å². The van der Waals surface area contributed by atoms with Gasteiger partial charge in [0.25, 0.3) is 0 Å². The van der Waals surface area contributed by atoms with Crippen LogP contribution in [0.15, 0.2) is 4.42 Å². The molecule has 112 valence electrons. The highest BCUT2D eigenvalue weighted by atomic mass is 16.4. The molecule has 1 aliphatic heterocycles. The number of piperidine rings is 1. The molecular weight excluding hydrogens is 258 g/mol. The first-order valence-corrected chi connectivity index (χ1v) is 7.00. The maximum Gasteiger partial charge on any atom is 0.318 e. The summed E-state index contributed by atoms with van der Waals surface area (Å²) >= 11 is 0. The van der Waals surface area contributed by atoms with E-state index >= 15 is 0 Å². The van der Waals surface area contributed by atoms with Crippen LogP contribution in [0.4, 0.5) is 6.01 Å². The molecule has 1 fully saturated rings. The zero-order chi connectivity index (χ0) is 14.8. The first-order chi connectivity index (χ1) is 9.37. The highest BCUT2D eigenvalue weighted by molar-refractivity contribution is 5.83. The lowest BCUT2D eigenvalue weighted by molar-refractivity contribution is -0.119. The number of hydrogen-bond acceptors (Lipinski definition) is 6. The van der Waals surface area contributed by atoms with Crippen LogP contribution >= 0.6 is 0 Å². The summed E-state index contributed by atoms with van der Waals surface area (Å²) in [4.78, 5) is 13.3. The van der Waals surface area contributed by atoms with Gasteiger partial charge in [-0.25, -0.2) is 0 Å². The minimum Gasteiger partial charge on any atom is -0.407 e. The van der Waals surface area contributed by atoms with Gasteiger partial charge in [-0.15, -0.1) is 5.10 Å². The van der Waals surface area contributed by atoms with Gasteiger partial charge >= 0.3 is 6.01 Å². The fourth-order valence-corrected chi connectivity index (χ4v) is 2.23. The van der Waals surface area contributed by atoms with E-state index in [1.807, 2.05) is 4.90 Å². The number of aromatic nitrogens is 2. The summed E-state index contributed by atoms with van der Waals surface area (Å²) in [6.07, 6.45) is 2.74. The number of hydrogen-bond donors (Lipinski definition) is 2. The lowest BCUT2D eigenvalue weighted by Gasteiger charge is -2.31. The Morgan fingerprint density at radius 3 is 2.85 bits per heavy atom. The van der Waals surface area contributed by atoms with Crippen LogP contribution in [-0.2, 0) is 11.3 Å². The van der Waals surface area contributed by atoms with Crippen molar-refractivity contribution in [3.05, 3.63) is 5.89 Å². The smallest absolute Gasteiger partial charge is 0.318 e. The second-order valence-corrected chi connectivity index (χ2v) is 6.19. The molecule has 1 atom stereocenters. The van der Waals surface area contributed by atoms with E-state index in [0.717, 1.165) is 25.8 Å². The molecule has 2 heterocycles. The van der Waals surface area contributed by atoms with Crippen LogP contribution in [-0.4, -0.2) is 34.2 Å². The van der Waals surface area contributed by atoms with E-state index in [1.165, 1.54) is 0 Å². The van der Waals surface area contributed by atoms with Crippen molar-refractivity contribution in [2.75, 3.05) is 11.4 Å². The topological polar surface area (TPSA) is 97.3 Å². The van der Waals surface area contributed by atoms with Gasteiger partial charge in [0.05, 0.1) is 6.54 Å². The largest absolute Gasteiger partial charge is 0.407 e. The van der Waals surface area contributed by atoms with Crippen molar-refractivity contribution in [1.82, 2.24) is 15.5 Å². The van der Waals surface area contributed by atoms with Crippen molar-refractivity contribution in [2.45, 2.75) is 58.2 Å². The SMILES string of the molecule is CC(C)(C)NCc1nnc(N2CCCCC2C(N)=O)o1. The Morgan fingerprint density at radius 1 is 1.45 bits per heavy atom. The molecular formula is C13H23N5O2. The van der Waals surface area contributed by atoms with Gasteiger partial charge in [0.1, 0.15) is 6.04 Å². The maximum atomic E-state index is 11.5. The molecule has 7 heteroatoms. The predicted molar refractivity (Wildman–Crippen MR) is 75.1 cm³/mol. The van der Waals surface area contributed by atoms with Crippen LogP contribution in [0.1, 0.15) is 45.9 Å². The highest BCUT2D eigenvalue weighted by Crippen LogP contribution is 2.23. The average Bonchev–Trinajstić information content (AvgIpc) is 2.84. The zero-order valence-corrected chi connectivity index (χ0v) is 12.3. The number of nitrogens with two attached hydrogens (primary N) is 1. The second kappa shape index (κ2) is 5.78. The number of carbonyl (C=O) groups excluding carboxylic acids is 1. The monoisotopic (exact) mass is 281 g/mol. The first kappa shape index (κ1) is 14.8. The van der Waals surface area contributed by atoms with Crippen molar-refractivity contribution >= 4 is 11.9 Å². The Balaban J connectivity index is 2.05. The standard InChI is InChI=1S/C13H23N5O2/c1-13(2,3)15-8-10-16-17-12(20-10)18-7-5-4-6-9(18)11(14)19/h9,15H,4-8H2,1-3H3,(H2,14,19). The Labute approximate surface area is 118 Å². The lowest BCUT2D eigenvalue weighted by Crippen LogP contribution is -2.48. The number of primary amides is 1. The summed E-state index contributed by atoms with van der Waals surface area (Å²) in [6.45, 7) is 7.43. The second-order valence-electron chi connectivity index (χ2n) is 6.19. The van der Waals surface area contributed by atoms with Gasteiger partial charge < -0.3 is 20.4 Å². The number of rotatable bonds is 4. The van der Waals surface area contributed by atoms with Gasteiger partial charge in [0.2, 0.25) is 11.8 Å². The Hall–Kier alpha value is -1.63. The van der Waals surface area contributed by atoms with Crippen molar-refractivity contribution in [3.8, 4) is 0 Å². The van der Waals surface area contributed by atoms with Gasteiger partial charge in [-0.3, -0.25) is 4.79 Å². The number of nitrogens with zero attached hydrogens (tertiary/aromatic N) is 3. The van der Waals surface area contributed by atoms with Crippen molar-refractivity contribution in [3.63, 3.8) is 0 Å². The summed E-state index contributed by atoms with van der Waals surface area (Å²) in [5.41, 5.74) is 5.42. The normalized spacial score (nSPS) is 20.1. The third-order valence-electron chi connectivity index (χ3n) is 3.30. The molecule has 1 saturated heterocycles. The lowest BCUT2D eigenvalue weighted by atomic mass is 10.0. The van der Waals surface area contributed by atoms with Gasteiger partial charge in [-0.05, 0) is 40.0 Å². The van der Waals surface area contributed by atoms with E-state index in [4.69, 9.17) is 10.2 Å². The molecule has 0 saturated carbocycles. The molecule has 7 nitrogen and oxygen atoms in total. The summed E-state index contributed by atoms with van der Waals surface area (Å²) in [5.74, 6) is 0.181. The summed E-state index contributed by atoms with van der Waals surface area (Å²) in [5, 5.41) is 11.3. The van der Waals surface area contributed by atoms with E-state index in [-0.39, 0.29) is 17.5 Å². The minimum atomic E-state index is -0.340. The van der Waals surface area contributed by atoms with Gasteiger partial charge in [0.15, 0.2) is 0 Å². The quantitative estimate of drug-likeness (QED) is 0.847. The molecule has 1 unspecified atom stereocenters. The van der Waals surface area contributed by atoms with E-state index in [0.29, 0.717) is 18.5 Å². The van der Waals surface area contributed by atoms with E-state index < -0.39 is 0 Å². The van der Waals surface area contributed by atoms with Crippen LogP contribution < -0.4 is 16.0 Å². The minimum absolute atomic E-state index is 0.0183. The van der Waals surface area contributed by atoms with Crippen LogP contribution in [0.25, 0.3) is 0 Å². The van der Waals surface area contributed by atoms with Crippen LogP contribution in [0.2, 0.25) is 0 Å². The third-order valence-corrected chi connectivity index (χ3v) is 3.30. The zero-order valence-electron chi connectivity index (χ0n) is 12.3. The van der Waals surface area contributed by atoms with Crippen molar-refractivity contribution in [1.29, 1.82) is 0 Å².